The number of hydrogen-bond acceptors (Lipinski definition) is 4. The van der Waals surface area contributed by atoms with Crippen LogP contribution in [0, 0.1) is 0 Å². The highest BCUT2D eigenvalue weighted by Crippen LogP contribution is 2.04. The molecular formula is C8H15NO4. The van der Waals surface area contributed by atoms with Gasteiger partial charge in [-0.05, 0) is 6.92 Å². The molecule has 1 heterocycles. The van der Waals surface area contributed by atoms with Crippen molar-refractivity contribution in [2.75, 3.05) is 26.2 Å². The third-order valence-electron chi connectivity index (χ3n) is 2.04. The molecule has 0 aliphatic carbocycles. The fourth-order valence-electron chi connectivity index (χ4n) is 1.38. The Morgan fingerprint density at radius 1 is 1.77 bits per heavy atom. The van der Waals surface area contributed by atoms with E-state index in [9.17, 15) is 4.79 Å². The molecular weight excluding hydrogens is 174 g/mol. The van der Waals surface area contributed by atoms with Gasteiger partial charge in [0, 0.05) is 19.6 Å². The van der Waals surface area contributed by atoms with E-state index in [4.69, 9.17) is 14.9 Å². The lowest BCUT2D eigenvalue weighted by atomic mass is 10.2. The van der Waals surface area contributed by atoms with Crippen molar-refractivity contribution in [2.45, 2.75) is 19.1 Å². The number of β-amino-alcohol motifs (C(OH)–C–C–N with tert-alkyl or cyclic N) is 1. The largest absolute Gasteiger partial charge is 0.479 e. The quantitative estimate of drug-likeness (QED) is 0.605. The van der Waals surface area contributed by atoms with Crippen LogP contribution in [-0.4, -0.2) is 59.5 Å². The van der Waals surface area contributed by atoms with Crippen LogP contribution in [0.15, 0.2) is 0 Å². The molecule has 0 radical (unpaired) electrons. The van der Waals surface area contributed by atoms with Crippen LogP contribution < -0.4 is 0 Å². The van der Waals surface area contributed by atoms with Gasteiger partial charge in [-0.1, -0.05) is 0 Å². The predicted octanol–water partition coefficient (Wildman–Crippen LogP) is -0.847. The third kappa shape index (κ3) is 3.30. The predicted molar refractivity (Wildman–Crippen MR) is 45.5 cm³/mol. The molecule has 2 N–H and O–H groups in total. The number of rotatable bonds is 3. The van der Waals surface area contributed by atoms with Crippen molar-refractivity contribution in [1.82, 2.24) is 4.90 Å². The van der Waals surface area contributed by atoms with E-state index in [1.807, 2.05) is 11.8 Å². The summed E-state index contributed by atoms with van der Waals surface area (Å²) in [6, 6.07) is 0. The number of ether oxygens (including phenoxy) is 1. The lowest BCUT2D eigenvalue weighted by Gasteiger charge is -2.31. The van der Waals surface area contributed by atoms with Gasteiger partial charge in [0.2, 0.25) is 0 Å². The van der Waals surface area contributed by atoms with E-state index < -0.39 is 12.1 Å². The van der Waals surface area contributed by atoms with Crippen molar-refractivity contribution >= 4 is 5.97 Å². The van der Waals surface area contributed by atoms with Crippen LogP contribution >= 0.6 is 0 Å². The Hall–Kier alpha value is -0.650. The first-order chi connectivity index (χ1) is 6.09. The summed E-state index contributed by atoms with van der Waals surface area (Å²) in [7, 11) is 0. The van der Waals surface area contributed by atoms with Crippen LogP contribution in [0.1, 0.15) is 6.92 Å². The summed E-state index contributed by atoms with van der Waals surface area (Å²) in [5, 5.41) is 17.6. The van der Waals surface area contributed by atoms with Crippen molar-refractivity contribution in [3.63, 3.8) is 0 Å². The maximum Gasteiger partial charge on any atom is 0.333 e. The van der Waals surface area contributed by atoms with E-state index in [1.165, 1.54) is 0 Å². The first-order valence-corrected chi connectivity index (χ1v) is 4.34. The zero-order valence-corrected chi connectivity index (χ0v) is 7.64. The molecule has 2 unspecified atom stereocenters. The number of carboxylic acids is 1. The zero-order valence-electron chi connectivity index (χ0n) is 7.64. The second-order valence-corrected chi connectivity index (χ2v) is 3.30. The molecule has 2 atom stereocenters. The molecule has 1 aliphatic rings. The summed E-state index contributed by atoms with van der Waals surface area (Å²) in [6.45, 7) is 4.09. The van der Waals surface area contributed by atoms with Gasteiger partial charge in [-0.3, -0.25) is 4.90 Å². The van der Waals surface area contributed by atoms with Gasteiger partial charge in [0.25, 0.3) is 0 Å². The fraction of sp³-hybridized carbons (Fsp3) is 0.875. The van der Waals surface area contributed by atoms with Crippen molar-refractivity contribution in [3.8, 4) is 0 Å². The van der Waals surface area contributed by atoms with Crippen LogP contribution in [0.3, 0.4) is 0 Å². The monoisotopic (exact) mass is 189 g/mol. The van der Waals surface area contributed by atoms with Gasteiger partial charge < -0.3 is 14.9 Å². The minimum absolute atomic E-state index is 0.120. The van der Waals surface area contributed by atoms with Gasteiger partial charge in [-0.15, -0.1) is 0 Å². The number of hydrogen-bond donors (Lipinski definition) is 2. The Labute approximate surface area is 76.9 Å². The zero-order chi connectivity index (χ0) is 9.84. The molecule has 1 fully saturated rings. The molecule has 1 aliphatic heterocycles. The minimum Gasteiger partial charge on any atom is -0.479 e. The Bertz CT molecular complexity index is 185. The van der Waals surface area contributed by atoms with Gasteiger partial charge in [0.1, 0.15) is 0 Å². The molecule has 1 rings (SSSR count). The fourth-order valence-corrected chi connectivity index (χ4v) is 1.38. The van der Waals surface area contributed by atoms with Crippen molar-refractivity contribution in [2.24, 2.45) is 0 Å². The van der Waals surface area contributed by atoms with Gasteiger partial charge >= 0.3 is 5.97 Å². The van der Waals surface area contributed by atoms with Crippen LogP contribution in [0.5, 0.6) is 0 Å². The standard InChI is InChI=1S/C8H15NO4/c1-6-4-9(2-3-13-6)5-7(10)8(11)12/h6-7,10H,2-5H2,1H3,(H,11,12). The smallest absolute Gasteiger partial charge is 0.333 e. The average molecular weight is 189 g/mol. The molecule has 1 saturated heterocycles. The minimum atomic E-state index is -1.29. The number of aliphatic carboxylic acids is 1. The molecule has 0 aromatic rings. The highest BCUT2D eigenvalue weighted by Gasteiger charge is 2.22. The number of aliphatic hydroxyl groups excluding tert-OH is 1. The molecule has 0 spiro atoms. The van der Waals surface area contributed by atoms with Gasteiger partial charge in [0.05, 0.1) is 12.7 Å². The summed E-state index contributed by atoms with van der Waals surface area (Å²) >= 11 is 0. The summed E-state index contributed by atoms with van der Waals surface area (Å²) in [6.07, 6.45) is -1.17. The SMILES string of the molecule is CC1CN(CC(O)C(=O)O)CCO1. The summed E-state index contributed by atoms with van der Waals surface area (Å²) in [5.41, 5.74) is 0. The molecule has 0 aromatic carbocycles. The van der Waals surface area contributed by atoms with E-state index in [0.29, 0.717) is 19.7 Å². The van der Waals surface area contributed by atoms with E-state index in [0.717, 1.165) is 0 Å². The molecule has 5 heteroatoms. The Morgan fingerprint density at radius 2 is 2.46 bits per heavy atom. The van der Waals surface area contributed by atoms with Crippen molar-refractivity contribution in [1.29, 1.82) is 0 Å². The normalized spacial score (nSPS) is 27.1. The van der Waals surface area contributed by atoms with E-state index in [2.05, 4.69) is 0 Å². The highest BCUT2D eigenvalue weighted by molar-refractivity contribution is 5.72. The number of carboxylic acid groups (broad SMARTS) is 1. The van der Waals surface area contributed by atoms with Crippen molar-refractivity contribution < 1.29 is 19.7 Å². The number of carbonyl (C=O) groups is 1. The molecule has 0 amide bonds. The second kappa shape index (κ2) is 4.55. The number of nitrogens with zero attached hydrogens (tertiary/aromatic N) is 1. The van der Waals surface area contributed by atoms with E-state index in [1.54, 1.807) is 0 Å². The summed E-state index contributed by atoms with van der Waals surface area (Å²) in [4.78, 5) is 12.2. The topological polar surface area (TPSA) is 70.0 Å². The van der Waals surface area contributed by atoms with Gasteiger partial charge in [-0.2, -0.15) is 0 Å². The summed E-state index contributed by atoms with van der Waals surface area (Å²) in [5.74, 6) is -1.17. The Balaban J connectivity index is 2.31. The maximum atomic E-state index is 10.3. The number of morpholine rings is 1. The summed E-state index contributed by atoms with van der Waals surface area (Å²) < 4.78 is 5.28. The third-order valence-corrected chi connectivity index (χ3v) is 2.04. The average Bonchev–Trinajstić information content (AvgIpc) is 2.04. The first-order valence-electron chi connectivity index (χ1n) is 4.34. The van der Waals surface area contributed by atoms with Crippen LogP contribution in [0.4, 0.5) is 0 Å². The van der Waals surface area contributed by atoms with Crippen LogP contribution in [0.25, 0.3) is 0 Å². The Morgan fingerprint density at radius 3 is 3.00 bits per heavy atom. The lowest BCUT2D eigenvalue weighted by Crippen LogP contribution is -2.46. The van der Waals surface area contributed by atoms with Crippen LogP contribution in [0.2, 0.25) is 0 Å². The van der Waals surface area contributed by atoms with Gasteiger partial charge in [-0.25, -0.2) is 4.79 Å². The molecule has 5 nitrogen and oxygen atoms in total. The highest BCUT2D eigenvalue weighted by atomic mass is 16.5. The molecule has 13 heavy (non-hydrogen) atoms. The van der Waals surface area contributed by atoms with Crippen LogP contribution in [-0.2, 0) is 9.53 Å². The second-order valence-electron chi connectivity index (χ2n) is 3.30. The molecule has 0 saturated carbocycles. The molecule has 0 bridgehead atoms. The van der Waals surface area contributed by atoms with Crippen molar-refractivity contribution in [3.05, 3.63) is 0 Å². The Kier molecular flexibility index (Phi) is 3.65. The molecule has 0 aromatic heterocycles. The van der Waals surface area contributed by atoms with E-state index >= 15 is 0 Å². The van der Waals surface area contributed by atoms with Gasteiger partial charge in [0.15, 0.2) is 6.10 Å². The van der Waals surface area contributed by atoms with E-state index in [-0.39, 0.29) is 12.6 Å². The first kappa shape index (κ1) is 10.4. The maximum absolute atomic E-state index is 10.3. The molecule has 76 valence electrons. The lowest BCUT2D eigenvalue weighted by molar-refractivity contribution is -0.148. The number of aliphatic hydroxyl groups is 1.